The summed E-state index contributed by atoms with van der Waals surface area (Å²) in [6.45, 7) is 0. The Labute approximate surface area is 177 Å². The van der Waals surface area contributed by atoms with Gasteiger partial charge in [0.1, 0.15) is 5.82 Å². The molecule has 0 aromatic heterocycles. The zero-order valence-electron chi connectivity index (χ0n) is 15.1. The lowest BCUT2D eigenvalue weighted by atomic mass is 10.1. The summed E-state index contributed by atoms with van der Waals surface area (Å²) in [5.41, 5.74) is -0.472. The van der Waals surface area contributed by atoms with Gasteiger partial charge < -0.3 is 10.6 Å². The zero-order chi connectivity index (χ0) is 21.9. The summed E-state index contributed by atoms with van der Waals surface area (Å²) in [7, 11) is 0. The number of rotatable bonds is 4. The van der Waals surface area contributed by atoms with E-state index in [9.17, 15) is 27.2 Å². The van der Waals surface area contributed by atoms with E-state index < -0.39 is 29.4 Å². The van der Waals surface area contributed by atoms with Crippen LogP contribution in [0.4, 0.5) is 28.9 Å². The number of benzene rings is 3. The van der Waals surface area contributed by atoms with E-state index in [0.29, 0.717) is 4.47 Å². The van der Waals surface area contributed by atoms with Crippen molar-refractivity contribution < 1.29 is 27.2 Å². The van der Waals surface area contributed by atoms with Gasteiger partial charge >= 0.3 is 6.18 Å². The highest BCUT2D eigenvalue weighted by molar-refractivity contribution is 9.10. The lowest BCUT2D eigenvalue weighted by Gasteiger charge is -2.11. The summed E-state index contributed by atoms with van der Waals surface area (Å²) < 4.78 is 52.2. The van der Waals surface area contributed by atoms with Crippen molar-refractivity contribution in [3.63, 3.8) is 0 Å². The molecule has 0 radical (unpaired) electrons. The molecule has 3 rings (SSSR count). The molecule has 3 aromatic rings. The molecule has 0 saturated heterocycles. The molecule has 9 heteroatoms. The molecule has 0 bridgehead atoms. The Hall–Kier alpha value is -3.20. The number of alkyl halides is 3. The first-order chi connectivity index (χ1) is 14.1. The molecule has 0 aliphatic rings. The van der Waals surface area contributed by atoms with Crippen LogP contribution in [0.5, 0.6) is 0 Å². The van der Waals surface area contributed by atoms with Crippen LogP contribution in [-0.4, -0.2) is 11.8 Å². The Bertz CT molecular complexity index is 1120. The van der Waals surface area contributed by atoms with Gasteiger partial charge in [-0.1, -0.05) is 12.1 Å². The van der Waals surface area contributed by atoms with Crippen molar-refractivity contribution in [2.24, 2.45) is 0 Å². The first-order valence-electron chi connectivity index (χ1n) is 8.48. The van der Waals surface area contributed by atoms with Crippen molar-refractivity contribution >= 4 is 39.1 Å². The fourth-order valence-electron chi connectivity index (χ4n) is 2.58. The van der Waals surface area contributed by atoms with Gasteiger partial charge in [0.05, 0.1) is 11.1 Å². The Balaban J connectivity index is 1.76. The molecule has 0 aliphatic carbocycles. The molecule has 0 aliphatic heterocycles. The SMILES string of the molecule is O=C(Nc1cccc(C(F)(F)F)c1)c1cccc(NC(=O)c2cc(F)ccc2Br)c1. The molecule has 2 amide bonds. The molecule has 0 spiro atoms. The standard InChI is InChI=1S/C21H13BrF4N2O2/c22-18-8-7-14(23)11-17(18)20(30)28-15-5-1-3-12(9-15)19(29)27-16-6-2-4-13(10-16)21(24,25)26/h1-11H,(H,27,29)(H,28,30). The van der Waals surface area contributed by atoms with E-state index in [2.05, 4.69) is 26.6 Å². The Morgan fingerprint density at radius 1 is 0.800 bits per heavy atom. The fraction of sp³-hybridized carbons (Fsp3) is 0.0476. The molecule has 0 atom stereocenters. The quantitative estimate of drug-likeness (QED) is 0.442. The van der Waals surface area contributed by atoms with Crippen LogP contribution in [0.25, 0.3) is 0 Å². The van der Waals surface area contributed by atoms with E-state index in [-0.39, 0.29) is 22.5 Å². The molecule has 0 fully saturated rings. The number of nitrogens with one attached hydrogen (secondary N) is 2. The molecule has 4 nitrogen and oxygen atoms in total. The van der Waals surface area contributed by atoms with Crippen molar-refractivity contribution in [3.8, 4) is 0 Å². The van der Waals surface area contributed by atoms with E-state index in [1.165, 1.54) is 48.5 Å². The van der Waals surface area contributed by atoms with E-state index in [1.807, 2.05) is 0 Å². The van der Waals surface area contributed by atoms with Gasteiger partial charge in [-0.2, -0.15) is 13.2 Å². The summed E-state index contributed by atoms with van der Waals surface area (Å²) >= 11 is 3.17. The fourth-order valence-corrected chi connectivity index (χ4v) is 3.01. The lowest BCUT2D eigenvalue weighted by molar-refractivity contribution is -0.137. The number of anilines is 2. The lowest BCUT2D eigenvalue weighted by Crippen LogP contribution is -2.15. The number of carbonyl (C=O) groups is 2. The average Bonchev–Trinajstić information content (AvgIpc) is 2.69. The average molecular weight is 481 g/mol. The Kier molecular flexibility index (Phi) is 6.21. The normalized spacial score (nSPS) is 11.1. The third kappa shape index (κ3) is 5.24. The number of hydrogen-bond donors (Lipinski definition) is 2. The van der Waals surface area contributed by atoms with Crippen LogP contribution in [-0.2, 0) is 6.18 Å². The molecule has 0 saturated carbocycles. The minimum atomic E-state index is -4.53. The predicted octanol–water partition coefficient (Wildman–Crippen LogP) is 6.11. The van der Waals surface area contributed by atoms with Crippen molar-refractivity contribution in [2.45, 2.75) is 6.18 Å². The van der Waals surface area contributed by atoms with E-state index >= 15 is 0 Å². The van der Waals surface area contributed by atoms with Crippen LogP contribution in [0.2, 0.25) is 0 Å². The molecule has 154 valence electrons. The van der Waals surface area contributed by atoms with Gasteiger partial charge in [0.2, 0.25) is 0 Å². The Morgan fingerprint density at radius 2 is 1.43 bits per heavy atom. The molecular formula is C21H13BrF4N2O2. The monoisotopic (exact) mass is 480 g/mol. The van der Waals surface area contributed by atoms with E-state index in [4.69, 9.17) is 0 Å². The topological polar surface area (TPSA) is 58.2 Å². The van der Waals surface area contributed by atoms with Crippen LogP contribution < -0.4 is 10.6 Å². The highest BCUT2D eigenvalue weighted by Gasteiger charge is 2.30. The van der Waals surface area contributed by atoms with Gasteiger partial charge in [-0.3, -0.25) is 9.59 Å². The molecule has 30 heavy (non-hydrogen) atoms. The summed E-state index contributed by atoms with van der Waals surface area (Å²) in [6, 6.07) is 13.7. The van der Waals surface area contributed by atoms with Gasteiger partial charge in [0.15, 0.2) is 0 Å². The van der Waals surface area contributed by atoms with Crippen LogP contribution in [0, 0.1) is 5.82 Å². The number of amides is 2. The van der Waals surface area contributed by atoms with E-state index in [1.54, 1.807) is 0 Å². The maximum absolute atomic E-state index is 13.4. The zero-order valence-corrected chi connectivity index (χ0v) is 16.6. The molecule has 0 heterocycles. The van der Waals surface area contributed by atoms with Crippen molar-refractivity contribution in [2.75, 3.05) is 10.6 Å². The number of halogens is 5. The van der Waals surface area contributed by atoms with Crippen molar-refractivity contribution in [1.82, 2.24) is 0 Å². The Morgan fingerprint density at radius 3 is 2.13 bits per heavy atom. The second kappa shape index (κ2) is 8.66. The van der Waals surface area contributed by atoms with Crippen LogP contribution in [0.1, 0.15) is 26.3 Å². The smallest absolute Gasteiger partial charge is 0.322 e. The highest BCUT2D eigenvalue weighted by atomic mass is 79.9. The second-order valence-electron chi connectivity index (χ2n) is 6.19. The van der Waals surface area contributed by atoms with Crippen molar-refractivity contribution in [1.29, 1.82) is 0 Å². The van der Waals surface area contributed by atoms with Crippen LogP contribution in [0.15, 0.2) is 71.2 Å². The molecule has 3 aromatic carbocycles. The largest absolute Gasteiger partial charge is 0.416 e. The predicted molar refractivity (Wildman–Crippen MR) is 108 cm³/mol. The maximum atomic E-state index is 13.4. The highest BCUT2D eigenvalue weighted by Crippen LogP contribution is 2.30. The minimum absolute atomic E-state index is 0.0204. The van der Waals surface area contributed by atoms with Gasteiger partial charge in [-0.25, -0.2) is 4.39 Å². The van der Waals surface area contributed by atoms with E-state index in [0.717, 1.165) is 18.2 Å². The summed E-state index contributed by atoms with van der Waals surface area (Å²) in [5, 5.41) is 4.94. The first kappa shape index (κ1) is 21.5. The summed E-state index contributed by atoms with van der Waals surface area (Å²) in [5.74, 6) is -1.84. The van der Waals surface area contributed by atoms with Gasteiger partial charge in [-0.15, -0.1) is 0 Å². The van der Waals surface area contributed by atoms with Crippen molar-refractivity contribution in [3.05, 3.63) is 93.7 Å². The van der Waals surface area contributed by atoms with Crippen LogP contribution >= 0.6 is 15.9 Å². The molecular weight excluding hydrogens is 468 g/mol. The third-order valence-electron chi connectivity index (χ3n) is 4.00. The van der Waals surface area contributed by atoms with Gasteiger partial charge in [0.25, 0.3) is 11.8 Å². The number of carbonyl (C=O) groups excluding carboxylic acids is 2. The third-order valence-corrected chi connectivity index (χ3v) is 4.69. The second-order valence-corrected chi connectivity index (χ2v) is 7.05. The summed E-state index contributed by atoms with van der Waals surface area (Å²) in [6.07, 6.45) is -4.53. The molecule has 2 N–H and O–H groups in total. The van der Waals surface area contributed by atoms with Gasteiger partial charge in [-0.05, 0) is 70.5 Å². The summed E-state index contributed by atoms with van der Waals surface area (Å²) in [4.78, 5) is 24.8. The van der Waals surface area contributed by atoms with Crippen LogP contribution in [0.3, 0.4) is 0 Å². The molecule has 0 unspecified atom stereocenters. The first-order valence-corrected chi connectivity index (χ1v) is 9.28. The number of hydrogen-bond acceptors (Lipinski definition) is 2. The minimum Gasteiger partial charge on any atom is -0.322 e. The van der Waals surface area contributed by atoms with Gasteiger partial charge in [0, 0.05) is 21.4 Å². The maximum Gasteiger partial charge on any atom is 0.416 e.